The number of hydrogen-bond acceptors (Lipinski definition) is 3. The van der Waals surface area contributed by atoms with E-state index in [4.69, 9.17) is 0 Å². The van der Waals surface area contributed by atoms with Gasteiger partial charge in [-0.3, -0.25) is 0 Å². The predicted octanol–water partition coefficient (Wildman–Crippen LogP) is 3.14. The molecule has 1 unspecified atom stereocenters. The van der Waals surface area contributed by atoms with E-state index in [0.29, 0.717) is 0 Å². The van der Waals surface area contributed by atoms with E-state index in [1.807, 2.05) is 41.9 Å². The molecular weight excluding hydrogens is 338 g/mol. The SMILES string of the molecule is Cn1c(-c2ccc([S+](C)[O-])cc2)nc2cnc(Br)cc21. The summed E-state index contributed by atoms with van der Waals surface area (Å²) < 4.78 is 14.2. The second-order valence-corrected chi connectivity index (χ2v) is 6.66. The zero-order chi connectivity index (χ0) is 14.3. The quantitative estimate of drug-likeness (QED) is 0.527. The molecule has 20 heavy (non-hydrogen) atoms. The number of pyridine rings is 1. The van der Waals surface area contributed by atoms with Gasteiger partial charge in [0.25, 0.3) is 0 Å². The van der Waals surface area contributed by atoms with Crippen LogP contribution in [0.3, 0.4) is 0 Å². The van der Waals surface area contributed by atoms with Crippen molar-refractivity contribution in [2.45, 2.75) is 4.90 Å². The monoisotopic (exact) mass is 349 g/mol. The molecule has 1 atom stereocenters. The summed E-state index contributed by atoms with van der Waals surface area (Å²) in [5.74, 6) is 0.869. The van der Waals surface area contributed by atoms with Gasteiger partial charge in [-0.2, -0.15) is 0 Å². The number of benzene rings is 1. The van der Waals surface area contributed by atoms with Crippen LogP contribution in [0.1, 0.15) is 0 Å². The van der Waals surface area contributed by atoms with Gasteiger partial charge < -0.3 is 9.12 Å². The minimum atomic E-state index is -0.960. The maximum absolute atomic E-state index is 11.4. The Morgan fingerprint density at radius 2 is 1.95 bits per heavy atom. The Labute approximate surface area is 128 Å². The molecule has 2 aromatic heterocycles. The molecule has 102 valence electrons. The Bertz CT molecular complexity index is 768. The Morgan fingerprint density at radius 1 is 1.25 bits per heavy atom. The molecule has 2 heterocycles. The van der Waals surface area contributed by atoms with E-state index in [1.165, 1.54) is 0 Å². The Balaban J connectivity index is 2.12. The molecule has 0 aliphatic heterocycles. The maximum Gasteiger partial charge on any atom is 0.152 e. The Morgan fingerprint density at radius 3 is 2.60 bits per heavy atom. The van der Waals surface area contributed by atoms with Crippen molar-refractivity contribution in [2.75, 3.05) is 6.26 Å². The summed E-state index contributed by atoms with van der Waals surface area (Å²) in [6, 6.07) is 9.58. The van der Waals surface area contributed by atoms with Crippen molar-refractivity contribution in [3.63, 3.8) is 0 Å². The highest BCUT2D eigenvalue weighted by Gasteiger charge is 2.12. The summed E-state index contributed by atoms with van der Waals surface area (Å²) in [7, 11) is 1.98. The molecule has 0 aliphatic rings. The lowest BCUT2D eigenvalue weighted by Gasteiger charge is -2.06. The lowest BCUT2D eigenvalue weighted by Crippen LogP contribution is -1.97. The number of halogens is 1. The van der Waals surface area contributed by atoms with Crippen LogP contribution >= 0.6 is 15.9 Å². The molecule has 0 bridgehead atoms. The van der Waals surface area contributed by atoms with Gasteiger partial charge in [-0.1, -0.05) is 0 Å². The van der Waals surface area contributed by atoms with Crippen LogP contribution in [-0.4, -0.2) is 25.3 Å². The molecule has 0 amide bonds. The third-order valence-electron chi connectivity index (χ3n) is 3.18. The summed E-state index contributed by atoms with van der Waals surface area (Å²) >= 11 is 2.41. The number of aryl methyl sites for hydroxylation is 1. The van der Waals surface area contributed by atoms with E-state index in [1.54, 1.807) is 12.5 Å². The van der Waals surface area contributed by atoms with Crippen LogP contribution in [0.4, 0.5) is 0 Å². The second-order valence-electron chi connectivity index (χ2n) is 4.47. The van der Waals surface area contributed by atoms with Crippen LogP contribution in [0.25, 0.3) is 22.4 Å². The molecule has 1 aromatic carbocycles. The third-order valence-corrected chi connectivity index (χ3v) is 4.55. The van der Waals surface area contributed by atoms with Crippen molar-refractivity contribution >= 4 is 38.1 Å². The average Bonchev–Trinajstić information content (AvgIpc) is 2.76. The van der Waals surface area contributed by atoms with Gasteiger partial charge in [-0.15, -0.1) is 0 Å². The van der Waals surface area contributed by atoms with Crippen LogP contribution in [-0.2, 0) is 18.2 Å². The van der Waals surface area contributed by atoms with Gasteiger partial charge in [0.2, 0.25) is 0 Å². The number of aromatic nitrogens is 3. The highest BCUT2D eigenvalue weighted by atomic mass is 79.9. The van der Waals surface area contributed by atoms with E-state index in [2.05, 4.69) is 25.9 Å². The molecule has 4 nitrogen and oxygen atoms in total. The van der Waals surface area contributed by atoms with E-state index in [-0.39, 0.29) is 0 Å². The van der Waals surface area contributed by atoms with Crippen LogP contribution in [0.15, 0.2) is 46.0 Å². The van der Waals surface area contributed by atoms with E-state index in [0.717, 1.165) is 31.9 Å². The van der Waals surface area contributed by atoms with Gasteiger partial charge in [0.1, 0.15) is 22.2 Å². The minimum Gasteiger partial charge on any atom is -0.612 e. The molecule has 0 aliphatic carbocycles. The van der Waals surface area contributed by atoms with Crippen molar-refractivity contribution in [1.29, 1.82) is 0 Å². The third kappa shape index (κ3) is 2.34. The van der Waals surface area contributed by atoms with E-state index < -0.39 is 11.2 Å². The number of rotatable bonds is 2. The first-order valence-electron chi connectivity index (χ1n) is 5.98. The molecule has 0 radical (unpaired) electrons. The van der Waals surface area contributed by atoms with Gasteiger partial charge in [0.15, 0.2) is 4.90 Å². The minimum absolute atomic E-state index is 0.788. The highest BCUT2D eigenvalue weighted by Crippen LogP contribution is 2.25. The lowest BCUT2D eigenvalue weighted by atomic mass is 10.2. The predicted molar refractivity (Wildman–Crippen MR) is 84.0 cm³/mol. The Kier molecular flexibility index (Phi) is 3.54. The van der Waals surface area contributed by atoms with E-state index in [9.17, 15) is 4.55 Å². The van der Waals surface area contributed by atoms with Gasteiger partial charge in [0.05, 0.1) is 11.7 Å². The largest absolute Gasteiger partial charge is 0.612 e. The van der Waals surface area contributed by atoms with Gasteiger partial charge >= 0.3 is 0 Å². The standard InChI is InChI=1S/C14H12BrN3OS/c1-18-12-7-13(15)16-8-11(12)17-14(18)9-3-5-10(6-4-9)20(2)19/h3-8H,1-2H3. The topological polar surface area (TPSA) is 53.8 Å². The number of hydrogen-bond donors (Lipinski definition) is 0. The zero-order valence-electron chi connectivity index (χ0n) is 11.0. The highest BCUT2D eigenvalue weighted by molar-refractivity contribution is 9.10. The molecule has 0 spiro atoms. The first-order chi connectivity index (χ1) is 9.56. The van der Waals surface area contributed by atoms with Crippen LogP contribution in [0.5, 0.6) is 0 Å². The van der Waals surface area contributed by atoms with E-state index >= 15 is 0 Å². The smallest absolute Gasteiger partial charge is 0.152 e. The van der Waals surface area contributed by atoms with Crippen molar-refractivity contribution in [2.24, 2.45) is 7.05 Å². The molecule has 3 aromatic rings. The van der Waals surface area contributed by atoms with Crippen molar-refractivity contribution in [3.8, 4) is 11.4 Å². The molecule has 0 saturated heterocycles. The summed E-state index contributed by atoms with van der Waals surface area (Å²) in [4.78, 5) is 9.61. The molecule has 3 rings (SSSR count). The van der Waals surface area contributed by atoms with Crippen LogP contribution < -0.4 is 0 Å². The first-order valence-corrected chi connectivity index (χ1v) is 8.33. The normalized spacial score (nSPS) is 12.8. The van der Waals surface area contributed by atoms with Crippen LogP contribution in [0.2, 0.25) is 0 Å². The van der Waals surface area contributed by atoms with Crippen molar-refractivity contribution in [3.05, 3.63) is 41.1 Å². The average molecular weight is 350 g/mol. The number of imidazole rings is 1. The molecule has 0 saturated carbocycles. The van der Waals surface area contributed by atoms with Gasteiger partial charge in [-0.05, 0) is 57.4 Å². The van der Waals surface area contributed by atoms with Gasteiger partial charge in [-0.25, -0.2) is 9.97 Å². The zero-order valence-corrected chi connectivity index (χ0v) is 13.4. The fourth-order valence-corrected chi connectivity index (χ4v) is 2.96. The molecular formula is C14H12BrN3OS. The Hall–Kier alpha value is -1.37. The lowest BCUT2D eigenvalue weighted by molar-refractivity contribution is 0.601. The van der Waals surface area contributed by atoms with Gasteiger partial charge in [0, 0.05) is 12.6 Å². The van der Waals surface area contributed by atoms with Crippen LogP contribution in [0, 0.1) is 0 Å². The molecule has 0 N–H and O–H groups in total. The molecule has 0 fully saturated rings. The fourth-order valence-electron chi connectivity index (χ4n) is 2.12. The fraction of sp³-hybridized carbons (Fsp3) is 0.143. The summed E-state index contributed by atoms with van der Waals surface area (Å²) in [5, 5.41) is 0. The number of fused-ring (bicyclic) bond motifs is 1. The summed E-state index contributed by atoms with van der Waals surface area (Å²) in [6.45, 7) is 0. The van der Waals surface area contributed by atoms with Crippen molar-refractivity contribution in [1.82, 2.24) is 14.5 Å². The molecule has 6 heteroatoms. The summed E-state index contributed by atoms with van der Waals surface area (Å²) in [6.07, 6.45) is 3.42. The summed E-state index contributed by atoms with van der Waals surface area (Å²) in [5.41, 5.74) is 2.87. The van der Waals surface area contributed by atoms with Crippen molar-refractivity contribution < 1.29 is 4.55 Å². The maximum atomic E-state index is 11.4. The first kappa shape index (κ1) is 13.6. The number of nitrogens with zero attached hydrogens (tertiary/aromatic N) is 3. The second kappa shape index (κ2) is 5.20.